The van der Waals surface area contributed by atoms with Crippen molar-refractivity contribution in [3.8, 4) is 5.75 Å². The van der Waals surface area contributed by atoms with E-state index in [1.165, 1.54) is 0 Å². The summed E-state index contributed by atoms with van der Waals surface area (Å²) in [6.07, 6.45) is 1.88. The summed E-state index contributed by atoms with van der Waals surface area (Å²) in [6.45, 7) is 3.64. The molecule has 0 saturated carbocycles. The highest BCUT2D eigenvalue weighted by molar-refractivity contribution is 5.96. The third-order valence-corrected chi connectivity index (χ3v) is 4.62. The van der Waals surface area contributed by atoms with Gasteiger partial charge in [0.25, 0.3) is 0 Å². The molecule has 25 heavy (non-hydrogen) atoms. The molecule has 1 fully saturated rings. The smallest absolute Gasteiger partial charge is 0.241 e. The van der Waals surface area contributed by atoms with Gasteiger partial charge >= 0.3 is 0 Å². The first-order chi connectivity index (χ1) is 12.1. The number of likely N-dealkylation sites (tertiary alicyclic amines) is 1. The van der Waals surface area contributed by atoms with Crippen LogP contribution in [0.2, 0.25) is 0 Å². The Morgan fingerprint density at radius 1 is 1.32 bits per heavy atom. The normalized spacial score (nSPS) is 17.4. The molecule has 5 nitrogen and oxygen atoms in total. The van der Waals surface area contributed by atoms with Crippen LogP contribution in [-0.2, 0) is 11.3 Å². The number of hydrogen-bond acceptors (Lipinski definition) is 4. The van der Waals surface area contributed by atoms with Crippen molar-refractivity contribution in [2.45, 2.75) is 32.4 Å². The Labute approximate surface area is 148 Å². The van der Waals surface area contributed by atoms with Gasteiger partial charge in [-0.15, -0.1) is 0 Å². The Morgan fingerprint density at radius 2 is 2.16 bits per heavy atom. The first-order valence-corrected chi connectivity index (χ1v) is 8.61. The second-order valence-electron chi connectivity index (χ2n) is 6.57. The number of nitrogens with one attached hydrogen (secondary N) is 1. The lowest BCUT2D eigenvalue weighted by Crippen LogP contribution is -2.39. The third-order valence-electron chi connectivity index (χ3n) is 4.62. The fourth-order valence-electron chi connectivity index (χ4n) is 3.37. The largest absolute Gasteiger partial charge is 0.495 e. The highest BCUT2D eigenvalue weighted by Crippen LogP contribution is 2.27. The number of benzene rings is 2. The quantitative estimate of drug-likeness (QED) is 0.821. The molecule has 1 aliphatic heterocycles. The number of nitrogens with two attached hydrogens (primary N) is 1. The van der Waals surface area contributed by atoms with Crippen LogP contribution in [0.1, 0.15) is 24.0 Å². The zero-order chi connectivity index (χ0) is 17.8. The van der Waals surface area contributed by atoms with E-state index in [2.05, 4.69) is 10.2 Å². The number of anilines is 2. The van der Waals surface area contributed by atoms with E-state index >= 15 is 0 Å². The number of rotatable bonds is 5. The zero-order valence-corrected chi connectivity index (χ0v) is 14.8. The van der Waals surface area contributed by atoms with Gasteiger partial charge < -0.3 is 15.8 Å². The molecule has 0 radical (unpaired) electrons. The van der Waals surface area contributed by atoms with Gasteiger partial charge in [-0.25, -0.2) is 0 Å². The van der Waals surface area contributed by atoms with Crippen molar-refractivity contribution < 1.29 is 9.53 Å². The topological polar surface area (TPSA) is 67.6 Å². The van der Waals surface area contributed by atoms with E-state index in [0.29, 0.717) is 5.75 Å². The molecule has 2 aromatic rings. The average Bonchev–Trinajstić information content (AvgIpc) is 3.03. The minimum Gasteiger partial charge on any atom is -0.495 e. The summed E-state index contributed by atoms with van der Waals surface area (Å²) in [5.41, 5.74) is 9.56. The van der Waals surface area contributed by atoms with Crippen LogP contribution in [0.5, 0.6) is 5.75 Å². The van der Waals surface area contributed by atoms with E-state index in [4.69, 9.17) is 10.5 Å². The van der Waals surface area contributed by atoms with Crippen LogP contribution in [-0.4, -0.2) is 30.5 Å². The van der Waals surface area contributed by atoms with Crippen LogP contribution in [0.15, 0.2) is 42.5 Å². The monoisotopic (exact) mass is 339 g/mol. The number of nitrogens with zero attached hydrogens (tertiary/aromatic N) is 1. The maximum absolute atomic E-state index is 12.8. The Bertz CT molecular complexity index is 760. The van der Waals surface area contributed by atoms with Crippen LogP contribution in [0.3, 0.4) is 0 Å². The summed E-state index contributed by atoms with van der Waals surface area (Å²) in [5.74, 6) is 0.699. The van der Waals surface area contributed by atoms with E-state index in [1.807, 2.05) is 49.4 Å². The van der Waals surface area contributed by atoms with Gasteiger partial charge in [0.05, 0.1) is 18.8 Å². The van der Waals surface area contributed by atoms with Crippen LogP contribution in [0.25, 0.3) is 0 Å². The van der Waals surface area contributed by atoms with Crippen molar-refractivity contribution in [2.24, 2.45) is 0 Å². The second kappa shape index (κ2) is 7.57. The molecule has 0 aromatic heterocycles. The lowest BCUT2D eigenvalue weighted by Gasteiger charge is -2.24. The van der Waals surface area contributed by atoms with Gasteiger partial charge in [-0.1, -0.05) is 18.2 Å². The van der Waals surface area contributed by atoms with Gasteiger partial charge in [0, 0.05) is 12.2 Å². The van der Waals surface area contributed by atoms with Gasteiger partial charge in [-0.2, -0.15) is 0 Å². The molecule has 1 amide bonds. The minimum atomic E-state index is -0.133. The van der Waals surface area contributed by atoms with Gasteiger partial charge in [-0.3, -0.25) is 9.69 Å². The molecule has 2 aromatic carbocycles. The summed E-state index contributed by atoms with van der Waals surface area (Å²) in [5, 5.41) is 3.04. The number of carbonyl (C=O) groups is 1. The summed E-state index contributed by atoms with van der Waals surface area (Å²) in [4.78, 5) is 15.0. The van der Waals surface area contributed by atoms with Gasteiger partial charge in [0.2, 0.25) is 5.91 Å². The van der Waals surface area contributed by atoms with E-state index in [-0.39, 0.29) is 11.9 Å². The molecule has 1 saturated heterocycles. The molecule has 3 N–H and O–H groups in total. The number of amides is 1. The van der Waals surface area contributed by atoms with E-state index in [9.17, 15) is 4.79 Å². The predicted octanol–water partition coefficient (Wildman–Crippen LogP) is 3.19. The van der Waals surface area contributed by atoms with Gasteiger partial charge in [-0.05, 0) is 61.7 Å². The average molecular weight is 339 g/mol. The maximum Gasteiger partial charge on any atom is 0.241 e. The van der Waals surface area contributed by atoms with Crippen molar-refractivity contribution in [1.82, 2.24) is 4.90 Å². The first kappa shape index (κ1) is 17.3. The third kappa shape index (κ3) is 4.12. The van der Waals surface area contributed by atoms with Crippen molar-refractivity contribution in [3.63, 3.8) is 0 Å². The molecule has 3 rings (SSSR count). The van der Waals surface area contributed by atoms with Crippen LogP contribution in [0, 0.1) is 6.92 Å². The summed E-state index contributed by atoms with van der Waals surface area (Å²) in [7, 11) is 1.61. The molecular formula is C20H25N3O2. The molecular weight excluding hydrogens is 314 g/mol. The summed E-state index contributed by atoms with van der Waals surface area (Å²) < 4.78 is 5.36. The maximum atomic E-state index is 12.8. The highest BCUT2D eigenvalue weighted by Gasteiger charge is 2.31. The SMILES string of the molecule is COc1ccc(C)cc1NC(=O)C1CCCN1Cc1cccc(N)c1. The Morgan fingerprint density at radius 3 is 2.92 bits per heavy atom. The van der Waals surface area contributed by atoms with E-state index in [0.717, 1.165) is 48.4 Å². The summed E-state index contributed by atoms with van der Waals surface area (Å²) in [6, 6.07) is 13.5. The molecule has 0 aliphatic carbocycles. The van der Waals surface area contributed by atoms with Crippen molar-refractivity contribution in [3.05, 3.63) is 53.6 Å². The molecule has 5 heteroatoms. The lowest BCUT2D eigenvalue weighted by molar-refractivity contribution is -0.120. The zero-order valence-electron chi connectivity index (χ0n) is 14.8. The fourth-order valence-corrected chi connectivity index (χ4v) is 3.37. The number of aryl methyl sites for hydroxylation is 1. The number of nitrogen functional groups attached to an aromatic ring is 1. The Hall–Kier alpha value is -2.53. The number of hydrogen-bond donors (Lipinski definition) is 2. The molecule has 132 valence electrons. The van der Waals surface area contributed by atoms with Crippen molar-refractivity contribution in [1.29, 1.82) is 0 Å². The standard InChI is InChI=1S/C20H25N3O2/c1-14-8-9-19(25-2)17(11-14)22-20(24)18-7-4-10-23(18)13-15-5-3-6-16(21)12-15/h3,5-6,8-9,11-12,18H,4,7,10,13,21H2,1-2H3,(H,22,24). The van der Waals surface area contributed by atoms with E-state index < -0.39 is 0 Å². The lowest BCUT2D eigenvalue weighted by atomic mass is 10.1. The number of ether oxygens (including phenoxy) is 1. The van der Waals surface area contributed by atoms with Gasteiger partial charge in [0.15, 0.2) is 0 Å². The van der Waals surface area contributed by atoms with E-state index in [1.54, 1.807) is 7.11 Å². The van der Waals surface area contributed by atoms with Gasteiger partial charge in [0.1, 0.15) is 5.75 Å². The predicted molar refractivity (Wildman–Crippen MR) is 101 cm³/mol. The summed E-state index contributed by atoms with van der Waals surface area (Å²) >= 11 is 0. The Balaban J connectivity index is 1.72. The Kier molecular flexibility index (Phi) is 5.24. The van der Waals surface area contributed by atoms with Crippen molar-refractivity contribution in [2.75, 3.05) is 24.7 Å². The van der Waals surface area contributed by atoms with Crippen LogP contribution in [0.4, 0.5) is 11.4 Å². The molecule has 1 aliphatic rings. The van der Waals surface area contributed by atoms with Crippen LogP contribution < -0.4 is 15.8 Å². The first-order valence-electron chi connectivity index (χ1n) is 8.61. The number of carbonyl (C=O) groups excluding carboxylic acids is 1. The van der Waals surface area contributed by atoms with Crippen LogP contribution >= 0.6 is 0 Å². The minimum absolute atomic E-state index is 0.0188. The number of methoxy groups -OCH3 is 1. The fraction of sp³-hybridized carbons (Fsp3) is 0.350. The molecule has 0 spiro atoms. The van der Waals surface area contributed by atoms with Crippen molar-refractivity contribution >= 4 is 17.3 Å². The highest BCUT2D eigenvalue weighted by atomic mass is 16.5. The molecule has 1 unspecified atom stereocenters. The molecule has 0 bridgehead atoms. The molecule has 1 heterocycles. The second-order valence-corrected chi connectivity index (χ2v) is 6.57. The molecule has 1 atom stereocenters.